The van der Waals surface area contributed by atoms with Crippen LogP contribution in [-0.2, 0) is 4.79 Å². The van der Waals surface area contributed by atoms with Crippen LogP contribution in [0.25, 0.3) is 0 Å². The Labute approximate surface area is 136 Å². The van der Waals surface area contributed by atoms with E-state index in [1.165, 1.54) is 18.2 Å². The van der Waals surface area contributed by atoms with E-state index in [1.807, 2.05) is 11.4 Å². The van der Waals surface area contributed by atoms with Crippen LogP contribution >= 0.6 is 23.2 Å². The molecule has 7 heteroatoms. The second-order valence-electron chi connectivity index (χ2n) is 4.11. The molecule has 0 aliphatic carbocycles. The minimum atomic E-state index is -0.953. The molecule has 5 nitrogen and oxygen atoms in total. The molecule has 22 heavy (non-hydrogen) atoms. The predicted molar refractivity (Wildman–Crippen MR) is 82.6 cm³/mol. The maximum Gasteiger partial charge on any atom is 0.419 e. The van der Waals surface area contributed by atoms with Crippen LogP contribution in [0.2, 0.25) is 10.0 Å². The molecular weight excluding hydrogens is 329 g/mol. The van der Waals surface area contributed by atoms with Crippen molar-refractivity contribution >= 4 is 35.2 Å². The predicted octanol–water partition coefficient (Wildman–Crippen LogP) is 3.69. The first-order valence-corrected chi connectivity index (χ1v) is 6.95. The maximum absolute atomic E-state index is 11.6. The van der Waals surface area contributed by atoms with Gasteiger partial charge in [0.25, 0.3) is 5.91 Å². The van der Waals surface area contributed by atoms with E-state index >= 15 is 0 Å². The van der Waals surface area contributed by atoms with Gasteiger partial charge in [-0.1, -0.05) is 41.4 Å². The van der Waals surface area contributed by atoms with Gasteiger partial charge in [-0.25, -0.2) is 4.79 Å². The molecule has 2 amide bonds. The first kappa shape index (κ1) is 16.1. The van der Waals surface area contributed by atoms with Crippen molar-refractivity contribution in [2.45, 2.75) is 0 Å². The fraction of sp³-hybridized carbons (Fsp3) is 0.0667. The molecule has 0 saturated heterocycles. The largest absolute Gasteiger partial charge is 0.484 e. The van der Waals surface area contributed by atoms with Gasteiger partial charge in [0, 0.05) is 5.02 Å². The molecule has 0 bridgehead atoms. The molecule has 0 unspecified atom stereocenters. The number of halogens is 2. The van der Waals surface area contributed by atoms with Gasteiger partial charge in [0.2, 0.25) is 0 Å². The summed E-state index contributed by atoms with van der Waals surface area (Å²) < 4.78 is 10.1. The van der Waals surface area contributed by atoms with E-state index in [2.05, 4.69) is 0 Å². The van der Waals surface area contributed by atoms with E-state index < -0.39 is 12.0 Å². The lowest BCUT2D eigenvalue weighted by molar-refractivity contribution is -0.122. The molecule has 1 N–H and O–H groups in total. The summed E-state index contributed by atoms with van der Waals surface area (Å²) in [4.78, 5) is 23.1. The summed E-state index contributed by atoms with van der Waals surface area (Å²) in [6.07, 6.45) is -0.953. The standard InChI is InChI=1S/C15H11Cl2NO4/c16-10-6-7-13(12(17)8-10)22-15(20)18-14(19)9-21-11-4-2-1-3-5-11/h1-8H,9H2,(H,18,19,20). The third-order valence-corrected chi connectivity index (χ3v) is 2.98. The normalized spacial score (nSPS) is 9.91. The van der Waals surface area contributed by atoms with Gasteiger partial charge >= 0.3 is 6.09 Å². The Hall–Kier alpha value is -2.24. The average molecular weight is 340 g/mol. The molecule has 0 fully saturated rings. The van der Waals surface area contributed by atoms with Crippen LogP contribution in [0.4, 0.5) is 4.79 Å². The highest BCUT2D eigenvalue weighted by Crippen LogP contribution is 2.27. The zero-order valence-electron chi connectivity index (χ0n) is 11.2. The zero-order valence-corrected chi connectivity index (χ0v) is 12.7. The van der Waals surface area contributed by atoms with E-state index in [9.17, 15) is 9.59 Å². The third kappa shape index (κ3) is 4.95. The van der Waals surface area contributed by atoms with Gasteiger partial charge in [-0.05, 0) is 30.3 Å². The van der Waals surface area contributed by atoms with Crippen molar-refractivity contribution in [3.8, 4) is 11.5 Å². The van der Waals surface area contributed by atoms with Crippen molar-refractivity contribution in [2.75, 3.05) is 6.61 Å². The van der Waals surface area contributed by atoms with Crippen molar-refractivity contribution in [2.24, 2.45) is 0 Å². The molecular formula is C15H11Cl2NO4. The summed E-state index contributed by atoms with van der Waals surface area (Å²) >= 11 is 11.6. The number of para-hydroxylation sites is 1. The average Bonchev–Trinajstić information content (AvgIpc) is 2.49. The smallest absolute Gasteiger partial charge is 0.419 e. The Balaban J connectivity index is 1.82. The van der Waals surface area contributed by atoms with Gasteiger partial charge in [-0.3, -0.25) is 10.1 Å². The Morgan fingerprint density at radius 2 is 1.77 bits per heavy atom. The SMILES string of the molecule is O=C(COc1ccccc1)NC(=O)Oc1ccc(Cl)cc1Cl. The van der Waals surface area contributed by atoms with Crippen molar-refractivity contribution in [3.05, 3.63) is 58.6 Å². The molecule has 0 heterocycles. The van der Waals surface area contributed by atoms with Gasteiger partial charge in [0.05, 0.1) is 5.02 Å². The Kier molecular flexibility index (Phi) is 5.63. The topological polar surface area (TPSA) is 64.6 Å². The summed E-state index contributed by atoms with van der Waals surface area (Å²) in [5.74, 6) is -0.0222. The highest BCUT2D eigenvalue weighted by Gasteiger charge is 2.12. The number of carbonyl (C=O) groups excluding carboxylic acids is 2. The minimum Gasteiger partial charge on any atom is -0.484 e. The highest BCUT2D eigenvalue weighted by molar-refractivity contribution is 6.35. The molecule has 0 atom stereocenters. The van der Waals surface area contributed by atoms with Gasteiger partial charge in [0.15, 0.2) is 12.4 Å². The number of ether oxygens (including phenoxy) is 2. The van der Waals surface area contributed by atoms with Crippen molar-refractivity contribution in [3.63, 3.8) is 0 Å². The van der Waals surface area contributed by atoms with Crippen molar-refractivity contribution in [1.82, 2.24) is 5.32 Å². The Morgan fingerprint density at radius 1 is 1.05 bits per heavy atom. The van der Waals surface area contributed by atoms with Gasteiger partial charge in [-0.15, -0.1) is 0 Å². The summed E-state index contributed by atoms with van der Waals surface area (Å²) in [6, 6.07) is 13.1. The molecule has 2 aromatic carbocycles. The van der Waals surface area contributed by atoms with Crippen LogP contribution < -0.4 is 14.8 Å². The molecule has 0 radical (unpaired) electrons. The van der Waals surface area contributed by atoms with Gasteiger partial charge < -0.3 is 9.47 Å². The zero-order chi connectivity index (χ0) is 15.9. The van der Waals surface area contributed by atoms with Crippen LogP contribution in [-0.4, -0.2) is 18.6 Å². The quantitative estimate of drug-likeness (QED) is 0.922. The Morgan fingerprint density at radius 3 is 2.45 bits per heavy atom. The summed E-state index contributed by atoms with van der Waals surface area (Å²) in [5, 5.41) is 2.59. The summed E-state index contributed by atoms with van der Waals surface area (Å²) in [7, 11) is 0. The first-order valence-electron chi connectivity index (χ1n) is 6.19. The fourth-order valence-corrected chi connectivity index (χ4v) is 1.95. The molecule has 0 aliphatic heterocycles. The Bertz CT molecular complexity index is 676. The second kappa shape index (κ2) is 7.68. The molecule has 2 rings (SSSR count). The number of amides is 2. The number of carbonyl (C=O) groups is 2. The molecule has 0 saturated carbocycles. The van der Waals surface area contributed by atoms with E-state index in [0.29, 0.717) is 10.8 Å². The number of benzene rings is 2. The third-order valence-electron chi connectivity index (χ3n) is 2.45. The summed E-state index contributed by atoms with van der Waals surface area (Å²) in [6.45, 7) is -0.312. The molecule has 0 spiro atoms. The number of rotatable bonds is 4. The lowest BCUT2D eigenvalue weighted by Gasteiger charge is -2.08. The molecule has 114 valence electrons. The molecule has 0 aromatic heterocycles. The van der Waals surface area contributed by atoms with E-state index in [1.54, 1.807) is 24.3 Å². The van der Waals surface area contributed by atoms with Crippen LogP contribution in [0, 0.1) is 0 Å². The summed E-state index contributed by atoms with van der Waals surface area (Å²) in [5.41, 5.74) is 0. The van der Waals surface area contributed by atoms with E-state index in [-0.39, 0.29) is 17.4 Å². The highest BCUT2D eigenvalue weighted by atomic mass is 35.5. The first-order chi connectivity index (χ1) is 10.5. The van der Waals surface area contributed by atoms with Gasteiger partial charge in [0.1, 0.15) is 5.75 Å². The van der Waals surface area contributed by atoms with Crippen LogP contribution in [0.1, 0.15) is 0 Å². The lowest BCUT2D eigenvalue weighted by Crippen LogP contribution is -2.36. The molecule has 0 aliphatic rings. The van der Waals surface area contributed by atoms with Gasteiger partial charge in [-0.2, -0.15) is 0 Å². The number of hydrogen-bond donors (Lipinski definition) is 1. The van der Waals surface area contributed by atoms with Crippen LogP contribution in [0.15, 0.2) is 48.5 Å². The number of nitrogens with one attached hydrogen (secondary N) is 1. The minimum absolute atomic E-state index is 0.0975. The molecule has 2 aromatic rings. The monoisotopic (exact) mass is 339 g/mol. The second-order valence-corrected chi connectivity index (χ2v) is 4.96. The fourth-order valence-electron chi connectivity index (χ4n) is 1.50. The van der Waals surface area contributed by atoms with Crippen molar-refractivity contribution in [1.29, 1.82) is 0 Å². The number of hydrogen-bond acceptors (Lipinski definition) is 4. The van der Waals surface area contributed by atoms with Crippen LogP contribution in [0.5, 0.6) is 11.5 Å². The van der Waals surface area contributed by atoms with Crippen LogP contribution in [0.3, 0.4) is 0 Å². The lowest BCUT2D eigenvalue weighted by atomic mass is 10.3. The van der Waals surface area contributed by atoms with E-state index in [0.717, 1.165) is 0 Å². The maximum atomic E-state index is 11.6. The number of imide groups is 1. The van der Waals surface area contributed by atoms with E-state index in [4.69, 9.17) is 32.7 Å². The van der Waals surface area contributed by atoms with Crippen molar-refractivity contribution < 1.29 is 19.1 Å².